The van der Waals surface area contributed by atoms with Crippen LogP contribution < -0.4 is 15.6 Å². The highest BCUT2D eigenvalue weighted by Gasteiger charge is 2.63. The first-order chi connectivity index (χ1) is 11.1. The average Bonchev–Trinajstić information content (AvgIpc) is 2.82. The summed E-state index contributed by atoms with van der Waals surface area (Å²) < 4.78 is 16.8. The van der Waals surface area contributed by atoms with Gasteiger partial charge in [0.2, 0.25) is 5.82 Å². The van der Waals surface area contributed by atoms with Gasteiger partial charge in [0.1, 0.15) is 0 Å². The van der Waals surface area contributed by atoms with Crippen molar-refractivity contribution in [2.75, 3.05) is 0 Å². The summed E-state index contributed by atoms with van der Waals surface area (Å²) >= 11 is 0. The third-order valence-electron chi connectivity index (χ3n) is 5.75. The van der Waals surface area contributed by atoms with Gasteiger partial charge in [-0.3, -0.25) is 0 Å². The lowest BCUT2D eigenvalue weighted by atomic mass is 9.67. The molecule has 0 aliphatic carbocycles. The van der Waals surface area contributed by atoms with E-state index in [4.69, 9.17) is 9.31 Å². The van der Waals surface area contributed by atoms with E-state index >= 15 is 0 Å². The number of hydrogen-bond acceptors (Lipinski definition) is 3. The Morgan fingerprint density at radius 2 is 1.67 bits per heavy atom. The molecule has 0 radical (unpaired) electrons. The van der Waals surface area contributed by atoms with Crippen molar-refractivity contribution < 1.29 is 13.8 Å². The van der Waals surface area contributed by atoms with Crippen LogP contribution in [0.25, 0.3) is 5.82 Å². The molecular weight excluding hydrogens is 303 g/mol. The Hall–Kier alpha value is -1.92. The second-order valence-electron chi connectivity index (χ2n) is 7.98. The minimum atomic E-state index is -1.96. The quantitative estimate of drug-likeness (QED) is 0.687. The Kier molecular flexibility index (Phi) is 2.85. The molecule has 2 aliphatic rings. The predicted molar refractivity (Wildman–Crippen MR) is 92.8 cm³/mol. The first-order valence-electron chi connectivity index (χ1n) is 8.39. The van der Waals surface area contributed by atoms with Crippen molar-refractivity contribution in [3.63, 3.8) is 0 Å². The molecule has 2 aliphatic heterocycles. The van der Waals surface area contributed by atoms with Crippen LogP contribution in [0.4, 0.5) is 0 Å². The smallest absolute Gasteiger partial charge is 0.516 e. The zero-order chi connectivity index (χ0) is 17.5. The van der Waals surface area contributed by atoms with E-state index in [1.165, 1.54) is 0 Å². The number of pyridine rings is 2. The number of fused-ring (bicyclic) bond motifs is 5. The molecule has 4 rings (SSSR count). The third kappa shape index (κ3) is 1.73. The minimum Gasteiger partial charge on any atom is -0.516 e. The van der Waals surface area contributed by atoms with Gasteiger partial charge in [-0.1, -0.05) is 6.07 Å². The lowest BCUT2D eigenvalue weighted by Gasteiger charge is -2.36. The van der Waals surface area contributed by atoms with E-state index in [-0.39, 0.29) is 5.56 Å². The summed E-state index contributed by atoms with van der Waals surface area (Å²) in [6.07, 6.45) is 1.96. The van der Waals surface area contributed by atoms with Gasteiger partial charge in [-0.2, -0.15) is 4.57 Å². The van der Waals surface area contributed by atoms with E-state index in [1.54, 1.807) is 4.57 Å². The van der Waals surface area contributed by atoms with Crippen LogP contribution in [0.15, 0.2) is 35.3 Å². The van der Waals surface area contributed by atoms with Crippen molar-refractivity contribution in [2.24, 2.45) is 0 Å². The SMILES string of the molecule is Cc1cc[n+]2c(c1)-n1c(ccc(C)c1=O)[B-]21OC(C)(C)C(C)(C)O1. The first-order valence-corrected chi connectivity index (χ1v) is 8.39. The molecule has 0 unspecified atom stereocenters. The van der Waals surface area contributed by atoms with E-state index in [9.17, 15) is 4.79 Å². The topological polar surface area (TPSA) is 44.3 Å². The minimum absolute atomic E-state index is 0.0275. The van der Waals surface area contributed by atoms with E-state index < -0.39 is 17.9 Å². The summed E-state index contributed by atoms with van der Waals surface area (Å²) in [6, 6.07) is 7.83. The lowest BCUT2D eigenvalue weighted by Crippen LogP contribution is -2.71. The van der Waals surface area contributed by atoms with E-state index in [0.29, 0.717) is 5.56 Å². The molecule has 1 fully saturated rings. The van der Waals surface area contributed by atoms with Crippen molar-refractivity contribution in [1.29, 1.82) is 0 Å². The zero-order valence-electron chi connectivity index (χ0n) is 15.1. The van der Waals surface area contributed by atoms with Crippen LogP contribution in [-0.2, 0) is 9.31 Å². The van der Waals surface area contributed by atoms with Gasteiger partial charge in [0, 0.05) is 29.0 Å². The number of rotatable bonds is 0. The van der Waals surface area contributed by atoms with Crippen LogP contribution in [0.1, 0.15) is 38.8 Å². The van der Waals surface area contributed by atoms with Crippen molar-refractivity contribution in [3.8, 4) is 5.82 Å². The molecule has 0 N–H and O–H groups in total. The van der Waals surface area contributed by atoms with Gasteiger partial charge < -0.3 is 13.8 Å². The largest absolute Gasteiger partial charge is 0.521 e. The highest BCUT2D eigenvalue weighted by atomic mass is 16.7. The van der Waals surface area contributed by atoms with Gasteiger partial charge >= 0.3 is 12.2 Å². The van der Waals surface area contributed by atoms with Crippen LogP contribution in [-0.4, -0.2) is 22.5 Å². The van der Waals surface area contributed by atoms with Crippen LogP contribution in [0, 0.1) is 13.8 Å². The van der Waals surface area contributed by atoms with E-state index in [2.05, 4.69) is 0 Å². The number of nitrogens with zero attached hydrogens (tertiary/aromatic N) is 2. The van der Waals surface area contributed by atoms with Gasteiger partial charge in [0.05, 0.1) is 5.59 Å². The van der Waals surface area contributed by atoms with Gasteiger partial charge in [-0.25, -0.2) is 4.79 Å². The maximum atomic E-state index is 12.8. The Balaban J connectivity index is 2.10. The Morgan fingerprint density at radius 1 is 1.04 bits per heavy atom. The molecule has 4 heterocycles. The van der Waals surface area contributed by atoms with Crippen LogP contribution in [0.3, 0.4) is 0 Å². The van der Waals surface area contributed by atoms with Gasteiger partial charge in [-0.15, -0.1) is 0 Å². The lowest BCUT2D eigenvalue weighted by molar-refractivity contribution is -0.560. The highest BCUT2D eigenvalue weighted by Crippen LogP contribution is 2.41. The molecule has 5 nitrogen and oxygen atoms in total. The fraction of sp³-hybridized carbons (Fsp3) is 0.444. The van der Waals surface area contributed by atoms with Crippen molar-refractivity contribution in [1.82, 2.24) is 4.57 Å². The molecule has 1 spiro atoms. The summed E-state index contributed by atoms with van der Waals surface area (Å²) in [5, 5.41) is 0. The molecule has 0 bridgehead atoms. The summed E-state index contributed by atoms with van der Waals surface area (Å²) in [7, 11) is 0. The van der Waals surface area contributed by atoms with Gasteiger partial charge in [0.15, 0.2) is 0 Å². The fourth-order valence-electron chi connectivity index (χ4n) is 3.72. The number of hydrogen-bond donors (Lipinski definition) is 0. The molecule has 24 heavy (non-hydrogen) atoms. The fourth-order valence-corrected chi connectivity index (χ4v) is 3.72. The maximum absolute atomic E-state index is 12.8. The predicted octanol–water partition coefficient (Wildman–Crippen LogP) is 1.35. The molecule has 126 valence electrons. The number of aryl methyl sites for hydroxylation is 2. The zero-order valence-corrected chi connectivity index (χ0v) is 15.1. The summed E-state index contributed by atoms with van der Waals surface area (Å²) in [5.74, 6) is 0.798. The summed E-state index contributed by atoms with van der Waals surface area (Å²) in [4.78, 5) is 12.8. The van der Waals surface area contributed by atoms with E-state index in [0.717, 1.165) is 17.0 Å². The number of aromatic nitrogens is 2. The normalized spacial score (nSPS) is 21.8. The molecular formula is C18H23BN2O3. The highest BCUT2D eigenvalue weighted by molar-refractivity contribution is 6.74. The Bertz CT molecular complexity index is 914. The molecule has 6 heteroatoms. The van der Waals surface area contributed by atoms with Crippen molar-refractivity contribution in [3.05, 3.63) is 51.9 Å². The van der Waals surface area contributed by atoms with Crippen LogP contribution >= 0.6 is 0 Å². The third-order valence-corrected chi connectivity index (χ3v) is 5.75. The summed E-state index contributed by atoms with van der Waals surface area (Å²) in [5.41, 5.74) is 1.56. The van der Waals surface area contributed by atoms with Crippen LogP contribution in [0.5, 0.6) is 0 Å². The summed E-state index contributed by atoms with van der Waals surface area (Å²) in [6.45, 7) is 10.0. The average molecular weight is 326 g/mol. The molecule has 0 amide bonds. The van der Waals surface area contributed by atoms with Gasteiger partial charge in [0.25, 0.3) is 0 Å². The van der Waals surface area contributed by atoms with Crippen molar-refractivity contribution >= 4 is 12.3 Å². The molecule has 2 aromatic heterocycles. The van der Waals surface area contributed by atoms with Crippen LogP contribution in [0.2, 0.25) is 0 Å². The standard InChI is InChI=1S/C18H23BN2O3/c1-12-9-10-20-15(11-12)21-14(8-7-13(2)16(21)22)19(20)23-17(3,4)18(5,6)24-19/h7-11H,1-6H3. The Labute approximate surface area is 141 Å². The maximum Gasteiger partial charge on any atom is 0.521 e. The molecule has 0 aromatic carbocycles. The molecule has 1 saturated heterocycles. The van der Waals surface area contributed by atoms with Crippen molar-refractivity contribution in [2.45, 2.75) is 52.7 Å². The monoisotopic (exact) mass is 326 g/mol. The molecule has 2 aromatic rings. The Morgan fingerprint density at radius 3 is 2.29 bits per heavy atom. The van der Waals surface area contributed by atoms with Gasteiger partial charge in [-0.05, 0) is 59.2 Å². The molecule has 0 atom stereocenters. The second-order valence-corrected chi connectivity index (χ2v) is 7.98. The molecule has 0 saturated carbocycles. The first kappa shape index (κ1) is 15.6. The van der Waals surface area contributed by atoms with E-state index in [1.807, 2.05) is 76.5 Å². The second kappa shape index (κ2) is 4.38.